The second kappa shape index (κ2) is 2.62. The third-order valence-corrected chi connectivity index (χ3v) is 2.45. The molecule has 1 saturated carbocycles. The second-order valence-corrected chi connectivity index (χ2v) is 3.92. The maximum absolute atomic E-state index is 12.8. The fourth-order valence-electron chi connectivity index (χ4n) is 1.27. The van der Waals surface area contributed by atoms with Gasteiger partial charge < -0.3 is 11.1 Å². The van der Waals surface area contributed by atoms with Crippen LogP contribution in [0.5, 0.6) is 0 Å². The van der Waals surface area contributed by atoms with E-state index in [0.29, 0.717) is 11.4 Å². The summed E-state index contributed by atoms with van der Waals surface area (Å²) >= 11 is 0. The van der Waals surface area contributed by atoms with E-state index < -0.39 is 0 Å². The first kappa shape index (κ1) is 8.35. The summed E-state index contributed by atoms with van der Waals surface area (Å²) in [6.07, 6.45) is 2.26. The van der Waals surface area contributed by atoms with Crippen LogP contribution in [0.3, 0.4) is 0 Å². The minimum Gasteiger partial charge on any atom is -0.397 e. The Labute approximate surface area is 76.9 Å². The lowest BCUT2D eigenvalue weighted by Gasteiger charge is -2.14. The number of benzene rings is 1. The molecule has 1 fully saturated rings. The van der Waals surface area contributed by atoms with Crippen molar-refractivity contribution in [2.45, 2.75) is 25.3 Å². The van der Waals surface area contributed by atoms with E-state index in [1.54, 1.807) is 6.07 Å². The first-order chi connectivity index (χ1) is 6.09. The normalized spacial score (nSPS) is 18.3. The first-order valence-electron chi connectivity index (χ1n) is 4.42. The summed E-state index contributed by atoms with van der Waals surface area (Å²) in [7, 11) is 0. The molecule has 0 radical (unpaired) electrons. The van der Waals surface area contributed by atoms with E-state index in [4.69, 9.17) is 5.73 Å². The molecule has 1 aromatic rings. The highest BCUT2D eigenvalue weighted by Crippen LogP contribution is 2.39. The van der Waals surface area contributed by atoms with Crippen LogP contribution in [-0.4, -0.2) is 5.54 Å². The number of rotatable bonds is 2. The van der Waals surface area contributed by atoms with Gasteiger partial charge in [-0.3, -0.25) is 0 Å². The summed E-state index contributed by atoms with van der Waals surface area (Å²) in [5.41, 5.74) is 7.15. The molecule has 0 aromatic heterocycles. The Hall–Kier alpha value is -1.25. The van der Waals surface area contributed by atoms with Gasteiger partial charge in [0.15, 0.2) is 0 Å². The fraction of sp³-hybridized carbons (Fsp3) is 0.400. The van der Waals surface area contributed by atoms with Crippen LogP contribution in [0.15, 0.2) is 18.2 Å². The summed E-state index contributed by atoms with van der Waals surface area (Å²) in [5, 5.41) is 3.24. The van der Waals surface area contributed by atoms with E-state index in [9.17, 15) is 4.39 Å². The zero-order chi connectivity index (χ0) is 9.47. The van der Waals surface area contributed by atoms with E-state index in [-0.39, 0.29) is 11.4 Å². The smallest absolute Gasteiger partial charge is 0.125 e. The Kier molecular flexibility index (Phi) is 1.68. The lowest BCUT2D eigenvalue weighted by molar-refractivity contribution is 0.628. The van der Waals surface area contributed by atoms with Gasteiger partial charge in [0.1, 0.15) is 5.82 Å². The second-order valence-electron chi connectivity index (χ2n) is 3.92. The molecule has 0 bridgehead atoms. The standard InChI is InChI=1S/C10H13FN2/c1-10(4-5-10)13-9-6-7(11)2-3-8(9)12/h2-3,6,13H,4-5,12H2,1H3. The van der Waals surface area contributed by atoms with Crippen molar-refractivity contribution >= 4 is 11.4 Å². The van der Waals surface area contributed by atoms with E-state index in [1.165, 1.54) is 12.1 Å². The third-order valence-electron chi connectivity index (χ3n) is 2.45. The minimum absolute atomic E-state index is 0.141. The largest absolute Gasteiger partial charge is 0.397 e. The number of nitrogen functional groups attached to an aromatic ring is 1. The molecule has 0 atom stereocenters. The molecule has 1 aliphatic rings. The zero-order valence-corrected chi connectivity index (χ0v) is 7.60. The van der Waals surface area contributed by atoms with Crippen LogP contribution in [0.2, 0.25) is 0 Å². The SMILES string of the molecule is CC1(Nc2cc(F)ccc2N)CC1. The topological polar surface area (TPSA) is 38.0 Å². The Balaban J connectivity index is 2.23. The van der Waals surface area contributed by atoms with Gasteiger partial charge in [-0.1, -0.05) is 0 Å². The average molecular weight is 180 g/mol. The van der Waals surface area contributed by atoms with E-state index >= 15 is 0 Å². The molecule has 3 heteroatoms. The Bertz CT molecular complexity index is 332. The minimum atomic E-state index is -0.249. The van der Waals surface area contributed by atoms with Gasteiger partial charge in [0, 0.05) is 5.54 Å². The predicted molar refractivity (Wildman–Crippen MR) is 52.1 cm³/mol. The molecule has 1 aromatic carbocycles. The molecular formula is C10H13FN2. The highest BCUT2D eigenvalue weighted by Gasteiger charge is 2.37. The molecule has 70 valence electrons. The van der Waals surface area contributed by atoms with Gasteiger partial charge >= 0.3 is 0 Å². The van der Waals surface area contributed by atoms with E-state index in [2.05, 4.69) is 12.2 Å². The number of hydrogen-bond acceptors (Lipinski definition) is 2. The zero-order valence-electron chi connectivity index (χ0n) is 7.60. The maximum Gasteiger partial charge on any atom is 0.125 e. The highest BCUT2D eigenvalue weighted by molar-refractivity contribution is 5.67. The molecule has 0 amide bonds. The van der Waals surface area contributed by atoms with E-state index in [1.807, 2.05) is 0 Å². The fourth-order valence-corrected chi connectivity index (χ4v) is 1.27. The number of nitrogens with one attached hydrogen (secondary N) is 1. The lowest BCUT2D eigenvalue weighted by atomic mass is 10.2. The maximum atomic E-state index is 12.8. The number of anilines is 2. The summed E-state index contributed by atoms with van der Waals surface area (Å²) < 4.78 is 12.8. The Morgan fingerprint density at radius 1 is 1.46 bits per heavy atom. The molecule has 0 heterocycles. The van der Waals surface area contributed by atoms with Crippen molar-refractivity contribution < 1.29 is 4.39 Å². The Morgan fingerprint density at radius 2 is 2.15 bits per heavy atom. The van der Waals surface area contributed by atoms with Crippen molar-refractivity contribution in [3.8, 4) is 0 Å². The molecule has 3 N–H and O–H groups in total. The molecule has 0 unspecified atom stereocenters. The molecule has 1 aliphatic carbocycles. The molecule has 0 aliphatic heterocycles. The lowest BCUT2D eigenvalue weighted by Crippen LogP contribution is -2.17. The quantitative estimate of drug-likeness (QED) is 0.686. The highest BCUT2D eigenvalue weighted by atomic mass is 19.1. The van der Waals surface area contributed by atoms with Crippen molar-refractivity contribution in [3.63, 3.8) is 0 Å². The average Bonchev–Trinajstić information content (AvgIpc) is 2.76. The number of nitrogens with two attached hydrogens (primary N) is 1. The molecule has 0 saturated heterocycles. The van der Waals surface area contributed by atoms with Crippen molar-refractivity contribution in [1.82, 2.24) is 0 Å². The van der Waals surface area contributed by atoms with Gasteiger partial charge in [0.05, 0.1) is 11.4 Å². The van der Waals surface area contributed by atoms with Crippen LogP contribution in [0, 0.1) is 5.82 Å². The van der Waals surface area contributed by atoms with Crippen LogP contribution in [0.4, 0.5) is 15.8 Å². The van der Waals surface area contributed by atoms with Gasteiger partial charge in [0.2, 0.25) is 0 Å². The predicted octanol–water partition coefficient (Wildman–Crippen LogP) is 2.37. The van der Waals surface area contributed by atoms with Gasteiger partial charge in [-0.05, 0) is 38.0 Å². The van der Waals surface area contributed by atoms with Crippen LogP contribution in [-0.2, 0) is 0 Å². The summed E-state index contributed by atoms with van der Waals surface area (Å²) in [6, 6.07) is 4.40. The van der Waals surface area contributed by atoms with Crippen LogP contribution < -0.4 is 11.1 Å². The van der Waals surface area contributed by atoms with Crippen molar-refractivity contribution in [1.29, 1.82) is 0 Å². The van der Waals surface area contributed by atoms with Crippen LogP contribution >= 0.6 is 0 Å². The van der Waals surface area contributed by atoms with Gasteiger partial charge in [-0.2, -0.15) is 0 Å². The first-order valence-corrected chi connectivity index (χ1v) is 4.42. The van der Waals surface area contributed by atoms with Crippen LogP contribution in [0.1, 0.15) is 19.8 Å². The monoisotopic (exact) mass is 180 g/mol. The van der Waals surface area contributed by atoms with Gasteiger partial charge in [-0.25, -0.2) is 4.39 Å². The Morgan fingerprint density at radius 3 is 2.77 bits per heavy atom. The summed E-state index contributed by atoms with van der Waals surface area (Å²) in [5.74, 6) is -0.249. The third kappa shape index (κ3) is 1.74. The number of hydrogen-bond donors (Lipinski definition) is 2. The van der Waals surface area contributed by atoms with Gasteiger partial charge in [0.25, 0.3) is 0 Å². The van der Waals surface area contributed by atoms with E-state index in [0.717, 1.165) is 12.8 Å². The van der Waals surface area contributed by atoms with Gasteiger partial charge in [-0.15, -0.1) is 0 Å². The molecular weight excluding hydrogens is 167 g/mol. The summed E-state index contributed by atoms with van der Waals surface area (Å²) in [4.78, 5) is 0. The number of halogens is 1. The molecule has 2 nitrogen and oxygen atoms in total. The van der Waals surface area contributed by atoms with Crippen LogP contribution in [0.25, 0.3) is 0 Å². The molecule has 0 spiro atoms. The van der Waals surface area contributed by atoms with Crippen molar-refractivity contribution in [2.24, 2.45) is 0 Å². The van der Waals surface area contributed by atoms with Crippen molar-refractivity contribution in [2.75, 3.05) is 11.1 Å². The van der Waals surface area contributed by atoms with Crippen molar-refractivity contribution in [3.05, 3.63) is 24.0 Å². The summed E-state index contributed by atoms with van der Waals surface area (Å²) in [6.45, 7) is 2.11. The molecule has 2 rings (SSSR count). The molecule has 13 heavy (non-hydrogen) atoms.